The molecule has 1 aliphatic rings. The molecule has 6 heteroatoms. The molecule has 1 aliphatic carbocycles. The SMILES string of the molecule is O=[N+]([O-])c1ccc(/C=N\NC(=S)C2CCCCC2)cc1. The number of thiocarbonyl (C=S) groups is 1. The van der Waals surface area contributed by atoms with Gasteiger partial charge in [-0.2, -0.15) is 5.10 Å². The van der Waals surface area contributed by atoms with Gasteiger partial charge in [-0.05, 0) is 30.5 Å². The molecule has 0 aromatic heterocycles. The molecule has 20 heavy (non-hydrogen) atoms. The zero-order chi connectivity index (χ0) is 14.4. The Morgan fingerprint density at radius 2 is 1.95 bits per heavy atom. The maximum absolute atomic E-state index is 10.5. The number of nitrogens with one attached hydrogen (secondary N) is 1. The van der Waals surface area contributed by atoms with Crippen LogP contribution in [0.5, 0.6) is 0 Å². The standard InChI is InChI=1S/C14H17N3O2S/c18-17(19)13-8-6-11(7-9-13)10-15-16-14(20)12-4-2-1-3-5-12/h6-10,12H,1-5H2,(H,16,20)/b15-10-. The Bertz CT molecular complexity index is 508. The molecule has 1 fully saturated rings. The van der Waals surface area contributed by atoms with Gasteiger partial charge in [0.05, 0.1) is 16.1 Å². The summed E-state index contributed by atoms with van der Waals surface area (Å²) in [5.74, 6) is 0.438. The Morgan fingerprint density at radius 3 is 2.55 bits per heavy atom. The quantitative estimate of drug-likeness (QED) is 0.399. The molecule has 5 nitrogen and oxygen atoms in total. The number of hydrogen-bond donors (Lipinski definition) is 1. The summed E-state index contributed by atoms with van der Waals surface area (Å²) >= 11 is 5.33. The van der Waals surface area contributed by atoms with Crippen LogP contribution < -0.4 is 5.43 Å². The average Bonchev–Trinajstić information content (AvgIpc) is 2.48. The van der Waals surface area contributed by atoms with Gasteiger partial charge in [0.1, 0.15) is 0 Å². The molecule has 0 spiro atoms. The highest BCUT2D eigenvalue weighted by atomic mass is 32.1. The van der Waals surface area contributed by atoms with E-state index >= 15 is 0 Å². The van der Waals surface area contributed by atoms with Crippen molar-refractivity contribution in [2.24, 2.45) is 11.0 Å². The van der Waals surface area contributed by atoms with Crippen molar-refractivity contribution in [3.63, 3.8) is 0 Å². The lowest BCUT2D eigenvalue weighted by Gasteiger charge is -2.21. The fourth-order valence-corrected chi connectivity index (χ4v) is 2.60. The molecular weight excluding hydrogens is 274 g/mol. The third-order valence-corrected chi connectivity index (χ3v) is 3.89. The van der Waals surface area contributed by atoms with Crippen LogP contribution in [0.2, 0.25) is 0 Å². The second-order valence-corrected chi connectivity index (χ2v) is 5.36. The second kappa shape index (κ2) is 7.09. The van der Waals surface area contributed by atoms with Crippen LogP contribution in [0.3, 0.4) is 0 Å². The first-order valence-corrected chi connectivity index (χ1v) is 7.15. The van der Waals surface area contributed by atoms with Crippen LogP contribution >= 0.6 is 12.2 Å². The summed E-state index contributed by atoms with van der Waals surface area (Å²) in [5, 5.41) is 14.6. The van der Waals surface area contributed by atoms with E-state index in [2.05, 4.69) is 10.5 Å². The van der Waals surface area contributed by atoms with E-state index in [0.29, 0.717) is 5.92 Å². The summed E-state index contributed by atoms with van der Waals surface area (Å²) in [7, 11) is 0. The topological polar surface area (TPSA) is 67.5 Å². The third kappa shape index (κ3) is 4.09. The van der Waals surface area contributed by atoms with E-state index in [1.165, 1.54) is 31.4 Å². The number of nitrogens with zero attached hydrogens (tertiary/aromatic N) is 2. The van der Waals surface area contributed by atoms with Crippen LogP contribution in [-0.2, 0) is 0 Å². The van der Waals surface area contributed by atoms with Gasteiger partial charge in [0, 0.05) is 18.1 Å². The largest absolute Gasteiger partial charge is 0.271 e. The lowest BCUT2D eigenvalue weighted by Crippen LogP contribution is -2.26. The van der Waals surface area contributed by atoms with Crippen molar-refractivity contribution in [3.05, 3.63) is 39.9 Å². The minimum Gasteiger partial charge on any atom is -0.271 e. The molecule has 0 bridgehead atoms. The van der Waals surface area contributed by atoms with E-state index in [0.717, 1.165) is 23.4 Å². The molecule has 106 valence electrons. The summed E-state index contributed by atoms with van der Waals surface area (Å²) in [6.07, 6.45) is 7.67. The van der Waals surface area contributed by atoms with E-state index in [9.17, 15) is 10.1 Å². The lowest BCUT2D eigenvalue weighted by atomic mass is 9.89. The van der Waals surface area contributed by atoms with E-state index in [1.54, 1.807) is 18.3 Å². The molecule has 0 unspecified atom stereocenters. The van der Waals surface area contributed by atoms with E-state index in [1.807, 2.05) is 0 Å². The molecule has 0 saturated heterocycles. The van der Waals surface area contributed by atoms with Crippen molar-refractivity contribution in [2.75, 3.05) is 0 Å². The summed E-state index contributed by atoms with van der Waals surface area (Å²) in [5.41, 5.74) is 3.78. The highest BCUT2D eigenvalue weighted by molar-refractivity contribution is 7.80. The van der Waals surface area contributed by atoms with Gasteiger partial charge in [-0.25, -0.2) is 0 Å². The fraction of sp³-hybridized carbons (Fsp3) is 0.429. The molecular formula is C14H17N3O2S. The predicted molar refractivity (Wildman–Crippen MR) is 83.0 cm³/mol. The first kappa shape index (κ1) is 14.6. The Labute approximate surface area is 123 Å². The number of benzene rings is 1. The normalized spacial score (nSPS) is 16.2. The highest BCUT2D eigenvalue weighted by Crippen LogP contribution is 2.24. The van der Waals surface area contributed by atoms with Crippen molar-refractivity contribution < 1.29 is 4.92 Å². The Morgan fingerprint density at radius 1 is 1.30 bits per heavy atom. The summed E-state index contributed by atoms with van der Waals surface area (Å²) < 4.78 is 0. The van der Waals surface area contributed by atoms with Crippen molar-refractivity contribution in [3.8, 4) is 0 Å². The smallest absolute Gasteiger partial charge is 0.269 e. The number of hydrazone groups is 1. The molecule has 0 amide bonds. The van der Waals surface area contributed by atoms with Crippen molar-refractivity contribution >= 4 is 29.1 Å². The van der Waals surface area contributed by atoms with Crippen LogP contribution in [0.25, 0.3) is 0 Å². The maximum atomic E-state index is 10.5. The Hall–Kier alpha value is -1.82. The Kier molecular flexibility index (Phi) is 5.17. The van der Waals surface area contributed by atoms with Crippen LogP contribution in [0.4, 0.5) is 5.69 Å². The lowest BCUT2D eigenvalue weighted by molar-refractivity contribution is -0.384. The number of hydrogen-bond acceptors (Lipinski definition) is 4. The Balaban J connectivity index is 1.86. The zero-order valence-electron chi connectivity index (χ0n) is 11.1. The average molecular weight is 291 g/mol. The van der Waals surface area contributed by atoms with Gasteiger partial charge < -0.3 is 0 Å². The minimum absolute atomic E-state index is 0.0767. The van der Waals surface area contributed by atoms with Crippen molar-refractivity contribution in [1.29, 1.82) is 0 Å². The van der Waals surface area contributed by atoms with Gasteiger partial charge in [0.25, 0.3) is 5.69 Å². The van der Waals surface area contributed by atoms with Crippen LogP contribution in [0.1, 0.15) is 37.7 Å². The van der Waals surface area contributed by atoms with Crippen LogP contribution in [0, 0.1) is 16.0 Å². The first-order chi connectivity index (χ1) is 9.66. The van der Waals surface area contributed by atoms with Crippen molar-refractivity contribution in [1.82, 2.24) is 5.43 Å². The number of rotatable bonds is 4. The monoisotopic (exact) mass is 291 g/mol. The van der Waals surface area contributed by atoms with Gasteiger partial charge in [-0.1, -0.05) is 31.5 Å². The number of nitro benzene ring substituents is 1. The van der Waals surface area contributed by atoms with Gasteiger partial charge in [0.15, 0.2) is 0 Å². The van der Waals surface area contributed by atoms with Gasteiger partial charge in [-0.15, -0.1) is 0 Å². The van der Waals surface area contributed by atoms with Crippen LogP contribution in [-0.4, -0.2) is 16.1 Å². The number of nitro groups is 1. The predicted octanol–water partition coefficient (Wildman–Crippen LogP) is 3.43. The van der Waals surface area contributed by atoms with E-state index in [-0.39, 0.29) is 5.69 Å². The molecule has 1 aromatic carbocycles. The molecule has 1 saturated carbocycles. The van der Waals surface area contributed by atoms with Gasteiger partial charge in [0.2, 0.25) is 0 Å². The first-order valence-electron chi connectivity index (χ1n) is 6.74. The van der Waals surface area contributed by atoms with Gasteiger partial charge >= 0.3 is 0 Å². The van der Waals surface area contributed by atoms with Gasteiger partial charge in [-0.3, -0.25) is 15.5 Å². The number of non-ortho nitro benzene ring substituents is 1. The summed E-state index contributed by atoms with van der Waals surface area (Å²) in [6.45, 7) is 0. The molecule has 0 heterocycles. The highest BCUT2D eigenvalue weighted by Gasteiger charge is 2.17. The van der Waals surface area contributed by atoms with Crippen LogP contribution in [0.15, 0.2) is 29.4 Å². The summed E-state index contributed by atoms with van der Waals surface area (Å²) in [6, 6.07) is 6.24. The molecule has 1 N–H and O–H groups in total. The van der Waals surface area contributed by atoms with E-state index in [4.69, 9.17) is 12.2 Å². The molecule has 0 atom stereocenters. The molecule has 2 rings (SSSR count). The fourth-order valence-electron chi connectivity index (χ4n) is 2.31. The second-order valence-electron chi connectivity index (χ2n) is 4.92. The van der Waals surface area contributed by atoms with Crippen molar-refractivity contribution in [2.45, 2.75) is 32.1 Å². The zero-order valence-corrected chi connectivity index (χ0v) is 11.9. The summed E-state index contributed by atoms with van der Waals surface area (Å²) in [4.78, 5) is 10.9. The molecule has 0 aliphatic heterocycles. The minimum atomic E-state index is -0.419. The van der Waals surface area contributed by atoms with E-state index < -0.39 is 4.92 Å². The molecule has 1 aromatic rings. The third-order valence-electron chi connectivity index (χ3n) is 3.47. The molecule has 0 radical (unpaired) electrons. The maximum Gasteiger partial charge on any atom is 0.269 e.